The number of hydrogen-bond donors (Lipinski definition) is 2. The minimum absolute atomic E-state index is 0.287. The van der Waals surface area contributed by atoms with Gasteiger partial charge in [0.15, 0.2) is 0 Å². The molecule has 0 unspecified atom stereocenters. The van der Waals surface area contributed by atoms with E-state index in [-0.39, 0.29) is 6.61 Å². The fraction of sp³-hybridized carbons (Fsp3) is 0.0714. The highest BCUT2D eigenvalue weighted by Crippen LogP contribution is 2.24. The lowest BCUT2D eigenvalue weighted by Crippen LogP contribution is -2.28. The number of anilines is 1. The molecule has 0 bridgehead atoms. The van der Waals surface area contributed by atoms with Crippen molar-refractivity contribution in [3.8, 4) is 0 Å². The Morgan fingerprint density at radius 2 is 1.80 bits per heavy atom. The number of urea groups is 1. The van der Waals surface area contributed by atoms with Crippen molar-refractivity contribution in [1.82, 2.24) is 5.48 Å². The van der Waals surface area contributed by atoms with E-state index in [0.717, 1.165) is 5.56 Å². The molecule has 0 saturated carbocycles. The van der Waals surface area contributed by atoms with Crippen LogP contribution in [-0.2, 0) is 11.4 Å². The van der Waals surface area contributed by atoms with E-state index in [4.69, 9.17) is 28.0 Å². The molecule has 0 radical (unpaired) electrons. The molecule has 0 heterocycles. The van der Waals surface area contributed by atoms with Gasteiger partial charge >= 0.3 is 6.03 Å². The molecule has 6 heteroatoms. The van der Waals surface area contributed by atoms with Crippen LogP contribution in [0.25, 0.3) is 0 Å². The van der Waals surface area contributed by atoms with Crippen molar-refractivity contribution in [3.05, 3.63) is 64.1 Å². The number of rotatable bonds is 4. The highest BCUT2D eigenvalue weighted by Gasteiger charge is 2.04. The minimum Gasteiger partial charge on any atom is -0.306 e. The maximum absolute atomic E-state index is 11.6. The zero-order valence-corrected chi connectivity index (χ0v) is 11.9. The summed E-state index contributed by atoms with van der Waals surface area (Å²) in [6, 6.07) is 13.8. The Bertz CT molecular complexity index is 591. The Balaban J connectivity index is 1.79. The van der Waals surface area contributed by atoms with Gasteiger partial charge in [0.2, 0.25) is 0 Å². The molecule has 2 amide bonds. The summed E-state index contributed by atoms with van der Waals surface area (Å²) in [5, 5.41) is 3.38. The van der Waals surface area contributed by atoms with Gasteiger partial charge in [-0.25, -0.2) is 10.3 Å². The molecule has 0 aromatic heterocycles. The molecule has 2 rings (SSSR count). The zero-order valence-electron chi connectivity index (χ0n) is 10.4. The molecule has 104 valence electrons. The van der Waals surface area contributed by atoms with Crippen molar-refractivity contribution in [3.63, 3.8) is 0 Å². The van der Waals surface area contributed by atoms with Gasteiger partial charge in [0, 0.05) is 5.69 Å². The van der Waals surface area contributed by atoms with Crippen molar-refractivity contribution in [1.29, 1.82) is 0 Å². The lowest BCUT2D eigenvalue weighted by atomic mass is 10.2. The average Bonchev–Trinajstić information content (AvgIpc) is 2.44. The molecule has 0 aliphatic rings. The van der Waals surface area contributed by atoms with Crippen LogP contribution in [0.5, 0.6) is 0 Å². The van der Waals surface area contributed by atoms with E-state index < -0.39 is 6.03 Å². The van der Waals surface area contributed by atoms with Gasteiger partial charge in [0.05, 0.1) is 16.7 Å². The number of hydrogen-bond acceptors (Lipinski definition) is 2. The Morgan fingerprint density at radius 3 is 2.50 bits per heavy atom. The first-order chi connectivity index (χ1) is 9.65. The van der Waals surface area contributed by atoms with E-state index in [2.05, 4.69) is 10.8 Å². The van der Waals surface area contributed by atoms with E-state index >= 15 is 0 Å². The normalized spacial score (nSPS) is 10.1. The van der Waals surface area contributed by atoms with Crippen LogP contribution in [0, 0.1) is 0 Å². The molecular weight excluding hydrogens is 299 g/mol. The topological polar surface area (TPSA) is 50.4 Å². The molecule has 2 aromatic carbocycles. The molecule has 2 aromatic rings. The third kappa shape index (κ3) is 4.42. The van der Waals surface area contributed by atoms with Gasteiger partial charge in [0.25, 0.3) is 0 Å². The van der Waals surface area contributed by atoms with Gasteiger partial charge in [-0.2, -0.15) is 0 Å². The van der Waals surface area contributed by atoms with Crippen molar-refractivity contribution < 1.29 is 9.63 Å². The molecule has 0 spiro atoms. The van der Waals surface area contributed by atoms with Gasteiger partial charge in [-0.1, -0.05) is 53.5 Å². The lowest BCUT2D eigenvalue weighted by molar-refractivity contribution is 0.0536. The van der Waals surface area contributed by atoms with Crippen molar-refractivity contribution >= 4 is 34.9 Å². The van der Waals surface area contributed by atoms with Crippen molar-refractivity contribution in [2.45, 2.75) is 6.61 Å². The maximum atomic E-state index is 11.6. The van der Waals surface area contributed by atoms with Gasteiger partial charge in [-0.3, -0.25) is 4.84 Å². The zero-order chi connectivity index (χ0) is 14.4. The fourth-order valence-corrected chi connectivity index (χ4v) is 1.79. The molecule has 20 heavy (non-hydrogen) atoms. The van der Waals surface area contributed by atoms with E-state index in [0.29, 0.717) is 15.7 Å². The van der Waals surface area contributed by atoms with Crippen LogP contribution in [0.15, 0.2) is 48.5 Å². The smallest absolute Gasteiger partial charge is 0.306 e. The summed E-state index contributed by atoms with van der Waals surface area (Å²) < 4.78 is 0. The highest BCUT2D eigenvalue weighted by atomic mass is 35.5. The number of amides is 2. The maximum Gasteiger partial charge on any atom is 0.343 e. The predicted molar refractivity (Wildman–Crippen MR) is 79.8 cm³/mol. The van der Waals surface area contributed by atoms with Crippen LogP contribution in [0.3, 0.4) is 0 Å². The second kappa shape index (κ2) is 7.14. The number of carbonyl (C=O) groups is 1. The van der Waals surface area contributed by atoms with Gasteiger partial charge in [0.1, 0.15) is 0 Å². The van der Waals surface area contributed by atoms with Crippen LogP contribution in [0.1, 0.15) is 5.56 Å². The number of carbonyl (C=O) groups excluding carboxylic acids is 1. The molecule has 0 saturated heterocycles. The fourth-order valence-electron chi connectivity index (χ4n) is 1.49. The van der Waals surface area contributed by atoms with Crippen LogP contribution >= 0.6 is 23.2 Å². The van der Waals surface area contributed by atoms with E-state index in [1.54, 1.807) is 18.2 Å². The number of nitrogens with one attached hydrogen (secondary N) is 2. The monoisotopic (exact) mass is 310 g/mol. The summed E-state index contributed by atoms with van der Waals surface area (Å²) in [5.74, 6) is 0. The summed E-state index contributed by atoms with van der Waals surface area (Å²) in [5.41, 5.74) is 3.78. The van der Waals surface area contributed by atoms with E-state index in [1.165, 1.54) is 0 Å². The number of halogens is 2. The quantitative estimate of drug-likeness (QED) is 0.830. The van der Waals surface area contributed by atoms with Gasteiger partial charge < -0.3 is 5.32 Å². The molecule has 0 atom stereocenters. The standard InChI is InChI=1S/C14H12Cl2N2O2/c15-12-7-6-11(8-13(12)16)17-14(19)18-20-9-10-4-2-1-3-5-10/h1-8H,9H2,(H2,17,18,19). The van der Waals surface area contributed by atoms with Crippen LogP contribution < -0.4 is 10.8 Å². The lowest BCUT2D eigenvalue weighted by Gasteiger charge is -2.08. The molecule has 0 aliphatic carbocycles. The number of hydroxylamine groups is 1. The third-order valence-electron chi connectivity index (χ3n) is 2.42. The van der Waals surface area contributed by atoms with Crippen LogP contribution in [0.4, 0.5) is 10.5 Å². The molecule has 0 fully saturated rings. The van der Waals surface area contributed by atoms with E-state index in [1.807, 2.05) is 30.3 Å². The molecule has 0 aliphatic heterocycles. The summed E-state index contributed by atoms with van der Waals surface area (Å²) in [7, 11) is 0. The minimum atomic E-state index is -0.487. The Morgan fingerprint density at radius 1 is 1.05 bits per heavy atom. The Kier molecular flexibility index (Phi) is 5.24. The second-order valence-corrected chi connectivity index (χ2v) is 4.77. The summed E-state index contributed by atoms with van der Waals surface area (Å²) >= 11 is 11.6. The Labute approximate surface area is 126 Å². The summed E-state index contributed by atoms with van der Waals surface area (Å²) in [6.45, 7) is 0.287. The molecule has 2 N–H and O–H groups in total. The largest absolute Gasteiger partial charge is 0.343 e. The van der Waals surface area contributed by atoms with E-state index in [9.17, 15) is 4.79 Å². The molecule has 4 nitrogen and oxygen atoms in total. The van der Waals surface area contributed by atoms with Crippen molar-refractivity contribution in [2.75, 3.05) is 5.32 Å². The van der Waals surface area contributed by atoms with Crippen molar-refractivity contribution in [2.24, 2.45) is 0 Å². The average molecular weight is 311 g/mol. The first-order valence-electron chi connectivity index (χ1n) is 5.83. The first-order valence-corrected chi connectivity index (χ1v) is 6.58. The van der Waals surface area contributed by atoms with Gasteiger partial charge in [-0.05, 0) is 23.8 Å². The second-order valence-electron chi connectivity index (χ2n) is 3.96. The Hall–Kier alpha value is -1.75. The molecular formula is C14H12Cl2N2O2. The van der Waals surface area contributed by atoms with Gasteiger partial charge in [-0.15, -0.1) is 0 Å². The highest BCUT2D eigenvalue weighted by molar-refractivity contribution is 6.42. The third-order valence-corrected chi connectivity index (χ3v) is 3.16. The first kappa shape index (κ1) is 14.7. The van der Waals surface area contributed by atoms with Crippen LogP contribution in [-0.4, -0.2) is 6.03 Å². The SMILES string of the molecule is O=C(NOCc1ccccc1)Nc1ccc(Cl)c(Cl)c1. The summed E-state index contributed by atoms with van der Waals surface area (Å²) in [6.07, 6.45) is 0. The number of benzene rings is 2. The predicted octanol–water partition coefficient (Wildman–Crippen LogP) is 4.25. The summed E-state index contributed by atoms with van der Waals surface area (Å²) in [4.78, 5) is 16.7. The van der Waals surface area contributed by atoms with Crippen LogP contribution in [0.2, 0.25) is 10.0 Å².